The number of aromatic nitrogens is 3. The molecule has 0 unspecified atom stereocenters. The van der Waals surface area contributed by atoms with Crippen LogP contribution in [0, 0.1) is 0 Å². The summed E-state index contributed by atoms with van der Waals surface area (Å²) in [7, 11) is 5.10. The van der Waals surface area contributed by atoms with Gasteiger partial charge in [0.05, 0.1) is 5.39 Å². The molecule has 1 aliphatic heterocycles. The lowest BCUT2D eigenvalue weighted by atomic mass is 10.2. The fourth-order valence-electron chi connectivity index (χ4n) is 3.40. The first-order valence-corrected chi connectivity index (χ1v) is 9.64. The third kappa shape index (κ3) is 4.31. The van der Waals surface area contributed by atoms with Gasteiger partial charge >= 0.3 is 5.69 Å². The van der Waals surface area contributed by atoms with Crippen molar-refractivity contribution >= 4 is 16.9 Å². The van der Waals surface area contributed by atoms with E-state index in [-0.39, 0.29) is 17.2 Å². The van der Waals surface area contributed by atoms with Crippen LogP contribution in [0.5, 0.6) is 0 Å². The second kappa shape index (κ2) is 8.66. The van der Waals surface area contributed by atoms with Gasteiger partial charge in [0.25, 0.3) is 11.5 Å². The van der Waals surface area contributed by atoms with Crippen LogP contribution in [0.15, 0.2) is 21.7 Å². The maximum absolute atomic E-state index is 12.4. The van der Waals surface area contributed by atoms with Gasteiger partial charge in [-0.2, -0.15) is 0 Å². The predicted molar refractivity (Wildman–Crippen MR) is 108 cm³/mol. The van der Waals surface area contributed by atoms with Crippen LogP contribution in [-0.4, -0.2) is 76.1 Å². The first kappa shape index (κ1) is 20.2. The molecule has 2 aromatic rings. The molecule has 1 aliphatic rings. The molecular formula is C19H28N6O3. The summed E-state index contributed by atoms with van der Waals surface area (Å²) < 4.78 is 2.31. The van der Waals surface area contributed by atoms with Crippen molar-refractivity contribution in [1.29, 1.82) is 0 Å². The smallest absolute Gasteiger partial charge is 0.332 e. The zero-order valence-electron chi connectivity index (χ0n) is 16.8. The average Bonchev–Trinajstić information content (AvgIpc) is 2.71. The van der Waals surface area contributed by atoms with Crippen LogP contribution in [0.3, 0.4) is 0 Å². The molecule has 3 rings (SSSR count). The molecule has 2 aromatic heterocycles. The van der Waals surface area contributed by atoms with Crippen molar-refractivity contribution in [3.05, 3.63) is 38.7 Å². The number of piperazine rings is 1. The van der Waals surface area contributed by atoms with Crippen molar-refractivity contribution < 1.29 is 4.79 Å². The lowest BCUT2D eigenvalue weighted by Crippen LogP contribution is -2.44. The van der Waals surface area contributed by atoms with Crippen molar-refractivity contribution in [3.63, 3.8) is 0 Å². The molecule has 1 saturated heterocycles. The molecule has 0 saturated carbocycles. The zero-order valence-corrected chi connectivity index (χ0v) is 16.8. The molecule has 152 valence electrons. The molecule has 9 nitrogen and oxygen atoms in total. The summed E-state index contributed by atoms with van der Waals surface area (Å²) in [6.45, 7) is 6.03. The van der Waals surface area contributed by atoms with Crippen molar-refractivity contribution in [1.82, 2.24) is 29.2 Å². The maximum atomic E-state index is 12.4. The van der Waals surface area contributed by atoms with E-state index in [0.29, 0.717) is 11.9 Å². The third-order valence-electron chi connectivity index (χ3n) is 5.32. The lowest BCUT2D eigenvalue weighted by Gasteiger charge is -2.32. The number of carbonyl (C=O) groups is 1. The number of likely N-dealkylation sites (N-methyl/N-ethyl adjacent to an activating group) is 1. The van der Waals surface area contributed by atoms with E-state index in [1.165, 1.54) is 24.7 Å². The Balaban J connectivity index is 1.55. The minimum atomic E-state index is -0.466. The summed E-state index contributed by atoms with van der Waals surface area (Å²) in [5.41, 5.74) is -0.460. The highest BCUT2D eigenvalue weighted by Crippen LogP contribution is 2.06. The van der Waals surface area contributed by atoms with Crippen molar-refractivity contribution in [2.45, 2.75) is 12.8 Å². The first-order chi connectivity index (χ1) is 13.4. The summed E-state index contributed by atoms with van der Waals surface area (Å²) in [5.74, 6) is -0.297. The van der Waals surface area contributed by atoms with Gasteiger partial charge in [-0.15, -0.1) is 0 Å². The summed E-state index contributed by atoms with van der Waals surface area (Å²) in [6, 6.07) is 3.07. The molecule has 0 aromatic carbocycles. The Bertz CT molecular complexity index is 972. The molecular weight excluding hydrogens is 360 g/mol. The summed E-state index contributed by atoms with van der Waals surface area (Å²) in [4.78, 5) is 45.6. The van der Waals surface area contributed by atoms with Crippen LogP contribution in [0.4, 0.5) is 0 Å². The van der Waals surface area contributed by atoms with Crippen molar-refractivity contribution in [2.24, 2.45) is 14.1 Å². The van der Waals surface area contributed by atoms with Crippen LogP contribution in [0.1, 0.15) is 23.3 Å². The van der Waals surface area contributed by atoms with Gasteiger partial charge in [-0.05, 0) is 38.6 Å². The van der Waals surface area contributed by atoms with E-state index >= 15 is 0 Å². The molecule has 1 N–H and O–H groups in total. The Morgan fingerprint density at radius 1 is 1.04 bits per heavy atom. The fourth-order valence-corrected chi connectivity index (χ4v) is 3.40. The highest BCUT2D eigenvalue weighted by atomic mass is 16.2. The van der Waals surface area contributed by atoms with Crippen LogP contribution >= 0.6 is 0 Å². The van der Waals surface area contributed by atoms with Crippen molar-refractivity contribution in [3.8, 4) is 0 Å². The van der Waals surface area contributed by atoms with Gasteiger partial charge in [-0.1, -0.05) is 0 Å². The number of rotatable bonds is 6. The number of amides is 1. The van der Waals surface area contributed by atoms with E-state index in [4.69, 9.17) is 0 Å². The van der Waals surface area contributed by atoms with Gasteiger partial charge in [-0.3, -0.25) is 18.7 Å². The highest BCUT2D eigenvalue weighted by molar-refractivity contribution is 5.94. The molecule has 9 heteroatoms. The van der Waals surface area contributed by atoms with Crippen LogP contribution in [0.25, 0.3) is 11.0 Å². The third-order valence-corrected chi connectivity index (χ3v) is 5.32. The topological polar surface area (TPSA) is 92.5 Å². The van der Waals surface area contributed by atoms with Crippen molar-refractivity contribution in [2.75, 3.05) is 46.3 Å². The van der Waals surface area contributed by atoms with E-state index in [9.17, 15) is 14.4 Å². The minimum Gasteiger partial charge on any atom is -0.351 e. The Kier molecular flexibility index (Phi) is 6.25. The summed E-state index contributed by atoms with van der Waals surface area (Å²) in [5, 5.41) is 3.18. The Morgan fingerprint density at radius 3 is 2.46 bits per heavy atom. The van der Waals surface area contributed by atoms with Gasteiger partial charge in [0.15, 0.2) is 0 Å². The van der Waals surface area contributed by atoms with Gasteiger partial charge in [0.2, 0.25) is 0 Å². The Morgan fingerprint density at radius 2 is 1.75 bits per heavy atom. The molecule has 3 heterocycles. The van der Waals surface area contributed by atoms with Gasteiger partial charge in [0.1, 0.15) is 11.3 Å². The average molecular weight is 388 g/mol. The standard InChI is InChI=1S/C19H28N6O3/c1-22-10-12-25(13-11-22)9-5-4-8-20-17(26)15-7-6-14-16(21-15)23(2)19(28)24(3)18(14)27/h6-7H,4-5,8-13H2,1-3H3,(H,20,26). The van der Waals surface area contributed by atoms with E-state index in [0.717, 1.165) is 50.1 Å². The molecule has 0 atom stereocenters. The fraction of sp³-hybridized carbons (Fsp3) is 0.579. The molecule has 0 spiro atoms. The Labute approximate surface area is 163 Å². The molecule has 1 fully saturated rings. The van der Waals surface area contributed by atoms with E-state index < -0.39 is 11.2 Å². The van der Waals surface area contributed by atoms with E-state index in [1.807, 2.05) is 0 Å². The molecule has 0 radical (unpaired) electrons. The first-order valence-electron chi connectivity index (χ1n) is 9.64. The second-order valence-electron chi connectivity index (χ2n) is 7.38. The van der Waals surface area contributed by atoms with Crippen LogP contribution < -0.4 is 16.6 Å². The number of unbranched alkanes of at least 4 members (excludes halogenated alkanes) is 1. The molecule has 0 aliphatic carbocycles. The zero-order chi connectivity index (χ0) is 20.3. The van der Waals surface area contributed by atoms with Crippen LogP contribution in [-0.2, 0) is 14.1 Å². The quantitative estimate of drug-likeness (QED) is 0.664. The number of fused-ring (bicyclic) bond motifs is 1. The summed E-state index contributed by atoms with van der Waals surface area (Å²) in [6.07, 6.45) is 1.92. The highest BCUT2D eigenvalue weighted by Gasteiger charge is 2.14. The van der Waals surface area contributed by atoms with Gasteiger partial charge in [-0.25, -0.2) is 9.78 Å². The predicted octanol–water partition coefficient (Wildman–Crippen LogP) is -0.610. The minimum absolute atomic E-state index is 0.204. The van der Waals surface area contributed by atoms with Gasteiger partial charge < -0.3 is 15.1 Å². The number of carbonyl (C=O) groups excluding carboxylic acids is 1. The lowest BCUT2D eigenvalue weighted by molar-refractivity contribution is 0.0947. The summed E-state index contributed by atoms with van der Waals surface area (Å²) >= 11 is 0. The van der Waals surface area contributed by atoms with Crippen LogP contribution in [0.2, 0.25) is 0 Å². The largest absolute Gasteiger partial charge is 0.351 e. The SMILES string of the molecule is CN1CCN(CCCCNC(=O)c2ccc3c(=O)n(C)c(=O)n(C)c3n2)CC1. The van der Waals surface area contributed by atoms with Gasteiger partial charge in [0, 0.05) is 46.8 Å². The monoisotopic (exact) mass is 388 g/mol. The number of aryl methyl sites for hydroxylation is 1. The second-order valence-corrected chi connectivity index (χ2v) is 7.38. The number of pyridine rings is 1. The number of hydrogen-bond acceptors (Lipinski definition) is 6. The Hall–Kier alpha value is -2.52. The number of nitrogens with one attached hydrogen (secondary N) is 1. The number of hydrogen-bond donors (Lipinski definition) is 1. The normalized spacial score (nSPS) is 15.8. The molecule has 28 heavy (non-hydrogen) atoms. The molecule has 1 amide bonds. The maximum Gasteiger partial charge on any atom is 0.332 e. The van der Waals surface area contributed by atoms with E-state index in [2.05, 4.69) is 27.1 Å². The molecule has 0 bridgehead atoms. The number of nitrogens with zero attached hydrogens (tertiary/aromatic N) is 5. The van der Waals surface area contributed by atoms with E-state index in [1.54, 1.807) is 6.07 Å².